The van der Waals surface area contributed by atoms with Gasteiger partial charge in [0, 0.05) is 24.7 Å². The van der Waals surface area contributed by atoms with Crippen LogP contribution in [0.4, 0.5) is 5.69 Å². The molecule has 0 aliphatic heterocycles. The maximum absolute atomic E-state index is 12.5. The molecule has 1 fully saturated rings. The summed E-state index contributed by atoms with van der Waals surface area (Å²) in [6.45, 7) is 2.20. The molecule has 9 heteroatoms. The number of nitrogens with one attached hydrogen (secondary N) is 2. The van der Waals surface area contributed by atoms with Crippen molar-refractivity contribution in [3.8, 4) is 17.4 Å². The van der Waals surface area contributed by atoms with Crippen LogP contribution in [-0.4, -0.2) is 40.0 Å². The predicted molar refractivity (Wildman–Crippen MR) is 182 cm³/mol. The second kappa shape index (κ2) is 16.6. The molecule has 0 saturated heterocycles. The van der Waals surface area contributed by atoms with E-state index in [4.69, 9.17) is 9.47 Å². The number of aromatic carboxylic acids is 1. The van der Waals surface area contributed by atoms with E-state index in [2.05, 4.69) is 22.5 Å². The molecule has 9 nitrogen and oxygen atoms in total. The third-order valence-corrected chi connectivity index (χ3v) is 8.45. The van der Waals surface area contributed by atoms with E-state index in [0.717, 1.165) is 55.0 Å². The number of carbonyl (C=O) groups excluding carboxylic acids is 2. The number of hydrogen-bond acceptors (Lipinski definition) is 6. The highest BCUT2D eigenvalue weighted by molar-refractivity contribution is 6.01. The molecule has 0 unspecified atom stereocenters. The number of amides is 2. The van der Waals surface area contributed by atoms with Crippen molar-refractivity contribution in [2.75, 3.05) is 5.32 Å². The second-order valence-electron chi connectivity index (χ2n) is 12.2. The fourth-order valence-corrected chi connectivity index (χ4v) is 5.90. The first kappa shape index (κ1) is 33.4. The van der Waals surface area contributed by atoms with Gasteiger partial charge in [0.25, 0.3) is 0 Å². The minimum Gasteiger partial charge on any atom is -0.490 e. The number of rotatable bonds is 15. The quantitative estimate of drug-likeness (QED) is 0.113. The van der Waals surface area contributed by atoms with E-state index in [9.17, 15) is 19.5 Å². The standard InChI is InChI=1S/C38H43N3O6/c1-2-3-4-5-6-11-35(42)40-29-15-19-30(20-16-29)46-31-17-13-28-24-32(18-14-27(28)23-31)47-37-21-12-26(25-39-37)22-36(43)41-34-10-8-7-9-33(34)38(44)45/h7-10,12-14,17-18,21,23-25,29-30H,2-6,11,15-16,19-20,22H2,1H3,(H,40,42)(H,41,43)(H,44,45). The molecule has 1 aliphatic rings. The van der Waals surface area contributed by atoms with E-state index in [1.165, 1.54) is 25.3 Å². The van der Waals surface area contributed by atoms with Crippen LogP contribution < -0.4 is 20.1 Å². The minimum absolute atomic E-state index is 0.0331. The molecule has 1 heterocycles. The van der Waals surface area contributed by atoms with Gasteiger partial charge in [0.1, 0.15) is 11.5 Å². The Hall–Kier alpha value is -4.92. The third kappa shape index (κ3) is 10.0. The van der Waals surface area contributed by atoms with E-state index < -0.39 is 5.97 Å². The molecule has 0 bridgehead atoms. The highest BCUT2D eigenvalue weighted by Crippen LogP contribution is 2.30. The Morgan fingerprint density at radius 2 is 1.55 bits per heavy atom. The van der Waals surface area contributed by atoms with Gasteiger partial charge in [0.05, 0.1) is 23.8 Å². The number of aromatic nitrogens is 1. The van der Waals surface area contributed by atoms with Crippen LogP contribution in [0.25, 0.3) is 10.8 Å². The molecule has 246 valence electrons. The van der Waals surface area contributed by atoms with Crippen LogP contribution in [0.15, 0.2) is 79.0 Å². The van der Waals surface area contributed by atoms with Crippen LogP contribution >= 0.6 is 0 Å². The number of pyridine rings is 1. The summed E-state index contributed by atoms with van der Waals surface area (Å²) in [4.78, 5) is 40.6. The molecule has 2 amide bonds. The number of carbonyl (C=O) groups is 3. The van der Waals surface area contributed by atoms with Gasteiger partial charge in [-0.1, -0.05) is 62.9 Å². The summed E-state index contributed by atoms with van der Waals surface area (Å²) >= 11 is 0. The number of nitrogens with zero attached hydrogens (tertiary/aromatic N) is 1. The Morgan fingerprint density at radius 1 is 0.830 bits per heavy atom. The topological polar surface area (TPSA) is 127 Å². The van der Waals surface area contributed by atoms with Gasteiger partial charge in [-0.25, -0.2) is 9.78 Å². The molecule has 1 aromatic heterocycles. The Morgan fingerprint density at radius 3 is 2.28 bits per heavy atom. The van der Waals surface area contributed by atoms with Gasteiger partial charge in [0.2, 0.25) is 17.7 Å². The first-order chi connectivity index (χ1) is 22.9. The van der Waals surface area contributed by atoms with Crippen molar-refractivity contribution < 1.29 is 29.0 Å². The predicted octanol–water partition coefficient (Wildman–Crippen LogP) is 8.07. The van der Waals surface area contributed by atoms with Gasteiger partial charge in [0.15, 0.2) is 0 Å². The van der Waals surface area contributed by atoms with E-state index in [0.29, 0.717) is 23.6 Å². The van der Waals surface area contributed by atoms with Crippen LogP contribution in [0.2, 0.25) is 0 Å². The van der Waals surface area contributed by atoms with Crippen molar-refractivity contribution >= 4 is 34.2 Å². The summed E-state index contributed by atoms with van der Waals surface area (Å²) in [5, 5.41) is 17.2. The van der Waals surface area contributed by atoms with E-state index in [-0.39, 0.29) is 41.6 Å². The molecular formula is C38H43N3O6. The third-order valence-electron chi connectivity index (χ3n) is 8.45. The molecule has 1 saturated carbocycles. The van der Waals surface area contributed by atoms with E-state index in [1.54, 1.807) is 36.5 Å². The van der Waals surface area contributed by atoms with Crippen LogP contribution in [0, 0.1) is 0 Å². The fourth-order valence-electron chi connectivity index (χ4n) is 5.90. The molecule has 3 aromatic carbocycles. The number of carboxylic acid groups (broad SMARTS) is 1. The lowest BCUT2D eigenvalue weighted by molar-refractivity contribution is -0.122. The molecule has 0 radical (unpaired) electrons. The smallest absolute Gasteiger partial charge is 0.337 e. The number of carboxylic acids is 1. The van der Waals surface area contributed by atoms with Crippen LogP contribution in [0.1, 0.15) is 87.1 Å². The first-order valence-corrected chi connectivity index (χ1v) is 16.6. The number of ether oxygens (including phenoxy) is 2. The van der Waals surface area contributed by atoms with Crippen molar-refractivity contribution in [2.24, 2.45) is 0 Å². The fraction of sp³-hybridized carbons (Fsp3) is 0.368. The number of benzene rings is 3. The molecule has 5 rings (SSSR count). The van der Waals surface area contributed by atoms with Gasteiger partial charge in [-0.2, -0.15) is 0 Å². The summed E-state index contributed by atoms with van der Waals surface area (Å²) in [7, 11) is 0. The molecule has 4 aromatic rings. The van der Waals surface area contributed by atoms with Crippen LogP contribution in [0.5, 0.6) is 17.4 Å². The van der Waals surface area contributed by atoms with Crippen LogP contribution in [0.3, 0.4) is 0 Å². The highest BCUT2D eigenvalue weighted by atomic mass is 16.5. The van der Waals surface area contributed by atoms with Crippen molar-refractivity contribution in [1.29, 1.82) is 0 Å². The van der Waals surface area contributed by atoms with Gasteiger partial charge in [-0.3, -0.25) is 9.59 Å². The van der Waals surface area contributed by atoms with Gasteiger partial charge >= 0.3 is 5.97 Å². The van der Waals surface area contributed by atoms with E-state index in [1.807, 2.05) is 36.4 Å². The van der Waals surface area contributed by atoms with Crippen molar-refractivity contribution in [3.63, 3.8) is 0 Å². The molecule has 3 N–H and O–H groups in total. The number of fused-ring (bicyclic) bond motifs is 1. The number of hydrogen-bond donors (Lipinski definition) is 3. The normalized spacial score (nSPS) is 15.9. The Bertz CT molecular complexity index is 1660. The summed E-state index contributed by atoms with van der Waals surface area (Å²) < 4.78 is 12.3. The molecule has 47 heavy (non-hydrogen) atoms. The maximum atomic E-state index is 12.5. The number of unbranched alkanes of at least 4 members (excludes halogenated alkanes) is 4. The summed E-state index contributed by atoms with van der Waals surface area (Å²) in [5.74, 6) is 0.593. The first-order valence-electron chi connectivity index (χ1n) is 16.6. The number of anilines is 1. The maximum Gasteiger partial charge on any atom is 0.337 e. The largest absolute Gasteiger partial charge is 0.490 e. The zero-order chi connectivity index (χ0) is 33.0. The molecule has 1 aliphatic carbocycles. The second-order valence-corrected chi connectivity index (χ2v) is 12.2. The zero-order valence-corrected chi connectivity index (χ0v) is 26.9. The lowest BCUT2D eigenvalue weighted by atomic mass is 9.92. The van der Waals surface area contributed by atoms with Gasteiger partial charge in [-0.15, -0.1) is 0 Å². The molecule has 0 atom stereocenters. The SMILES string of the molecule is CCCCCCCC(=O)NC1CCC(Oc2ccc3cc(Oc4ccc(CC(=O)Nc5ccccc5C(=O)O)cn4)ccc3c2)CC1. The Kier molecular flexibility index (Phi) is 11.8. The van der Waals surface area contributed by atoms with Crippen molar-refractivity contribution in [2.45, 2.75) is 89.7 Å². The monoisotopic (exact) mass is 637 g/mol. The lowest BCUT2D eigenvalue weighted by Gasteiger charge is -2.29. The van der Waals surface area contributed by atoms with Crippen molar-refractivity contribution in [1.82, 2.24) is 10.3 Å². The summed E-state index contributed by atoms with van der Waals surface area (Å²) in [6, 6.07) is 21.8. The van der Waals surface area contributed by atoms with E-state index >= 15 is 0 Å². The Labute approximate surface area is 275 Å². The van der Waals surface area contributed by atoms with Crippen molar-refractivity contribution in [3.05, 3.63) is 90.1 Å². The summed E-state index contributed by atoms with van der Waals surface area (Å²) in [5.41, 5.74) is 0.951. The average Bonchev–Trinajstić information content (AvgIpc) is 3.06. The van der Waals surface area contributed by atoms with Gasteiger partial charge in [-0.05, 0) is 84.8 Å². The zero-order valence-electron chi connectivity index (χ0n) is 26.9. The average molecular weight is 638 g/mol. The summed E-state index contributed by atoms with van der Waals surface area (Å²) in [6.07, 6.45) is 11.9. The molecular weight excluding hydrogens is 594 g/mol. The minimum atomic E-state index is -1.11. The lowest BCUT2D eigenvalue weighted by Crippen LogP contribution is -2.39. The Balaban J connectivity index is 1.07. The van der Waals surface area contributed by atoms with Crippen LogP contribution in [-0.2, 0) is 16.0 Å². The van der Waals surface area contributed by atoms with Gasteiger partial charge < -0.3 is 25.2 Å². The number of para-hydroxylation sites is 1. The molecule has 0 spiro atoms. The highest BCUT2D eigenvalue weighted by Gasteiger charge is 2.23.